The van der Waals surface area contributed by atoms with Crippen molar-refractivity contribution in [3.63, 3.8) is 0 Å². The Hall–Kier alpha value is -5.28. The molecule has 5 rings (SSSR count). The van der Waals surface area contributed by atoms with Gasteiger partial charge in [-0.25, -0.2) is 14.8 Å². The maximum Gasteiger partial charge on any atom is 0.328 e. The number of rotatable bonds is 9. The molecule has 4 N–H and O–H groups in total. The molecular formula is C30H24N4O5. The highest BCUT2D eigenvalue weighted by molar-refractivity contribution is 6.06. The second-order valence-electron chi connectivity index (χ2n) is 8.60. The number of fused-ring (bicyclic) bond motifs is 1. The van der Waals surface area contributed by atoms with Gasteiger partial charge in [0.15, 0.2) is 0 Å². The highest BCUT2D eigenvalue weighted by Crippen LogP contribution is 2.43. The molecule has 0 spiro atoms. The minimum Gasteiger partial charge on any atom is -0.478 e. The van der Waals surface area contributed by atoms with Gasteiger partial charge in [0, 0.05) is 29.0 Å². The van der Waals surface area contributed by atoms with Gasteiger partial charge < -0.3 is 25.3 Å². The molecule has 0 saturated carbocycles. The second kappa shape index (κ2) is 11.4. The summed E-state index contributed by atoms with van der Waals surface area (Å²) in [6.45, 7) is -0.154. The van der Waals surface area contributed by atoms with E-state index in [-0.39, 0.29) is 6.61 Å². The fraction of sp³-hybridized carbons (Fsp3) is 0.0667. The fourth-order valence-electron chi connectivity index (χ4n) is 4.25. The summed E-state index contributed by atoms with van der Waals surface area (Å²) in [4.78, 5) is 31.6. The monoisotopic (exact) mass is 520 g/mol. The summed E-state index contributed by atoms with van der Waals surface area (Å²) in [6.07, 6.45) is 3.14. The molecule has 39 heavy (non-hydrogen) atoms. The molecule has 0 fully saturated rings. The Kier molecular flexibility index (Phi) is 7.42. The Balaban J connectivity index is 1.59. The number of aliphatic hydroxyl groups is 1. The smallest absolute Gasteiger partial charge is 0.328 e. The number of hydrogen-bond acceptors (Lipinski definition) is 7. The van der Waals surface area contributed by atoms with E-state index in [0.29, 0.717) is 28.4 Å². The first-order valence-electron chi connectivity index (χ1n) is 12.1. The Morgan fingerprint density at radius 3 is 2.23 bits per heavy atom. The van der Waals surface area contributed by atoms with Gasteiger partial charge in [0.25, 0.3) is 0 Å². The summed E-state index contributed by atoms with van der Waals surface area (Å²) in [5.41, 5.74) is 4.14. The van der Waals surface area contributed by atoms with Crippen molar-refractivity contribution in [2.24, 2.45) is 0 Å². The number of nitrogens with one attached hydrogen (secondary N) is 2. The molecule has 2 heterocycles. The third kappa shape index (κ3) is 5.68. The number of carboxylic acid groups (broad SMARTS) is 1. The highest BCUT2D eigenvalue weighted by atomic mass is 16.4. The molecule has 2 aromatic heterocycles. The van der Waals surface area contributed by atoms with Crippen LogP contribution >= 0.6 is 0 Å². The highest BCUT2D eigenvalue weighted by Gasteiger charge is 2.23. The van der Waals surface area contributed by atoms with E-state index in [4.69, 9.17) is 9.52 Å². The number of benzene rings is 3. The van der Waals surface area contributed by atoms with E-state index < -0.39 is 17.9 Å². The fourth-order valence-corrected chi connectivity index (χ4v) is 4.25. The zero-order valence-corrected chi connectivity index (χ0v) is 20.6. The van der Waals surface area contributed by atoms with E-state index in [9.17, 15) is 14.7 Å². The van der Waals surface area contributed by atoms with Crippen LogP contribution in [0.3, 0.4) is 0 Å². The van der Waals surface area contributed by atoms with Gasteiger partial charge in [0.2, 0.25) is 11.6 Å². The van der Waals surface area contributed by atoms with Crippen LogP contribution in [0.1, 0.15) is 11.6 Å². The standard InChI is InChI=1S/C30H24N4O5/c35-17-23(19-7-3-1-4-8-19)34-29-27-26(20-11-13-22(14-12-20)33-24(36)15-16-25(37)38)28(21-9-5-2-6-10-21)39-30(27)32-18-31-29/h1-16,18,23,35H,17H2,(H,33,36)(H,37,38)(H,31,32,34)/t23-/m1/s1. The summed E-state index contributed by atoms with van der Waals surface area (Å²) in [7, 11) is 0. The number of furan rings is 1. The largest absolute Gasteiger partial charge is 0.478 e. The van der Waals surface area contributed by atoms with Crippen molar-refractivity contribution in [1.82, 2.24) is 9.97 Å². The van der Waals surface area contributed by atoms with Crippen LogP contribution < -0.4 is 10.6 Å². The minimum absolute atomic E-state index is 0.154. The predicted molar refractivity (Wildman–Crippen MR) is 148 cm³/mol. The number of carboxylic acids is 1. The lowest BCUT2D eigenvalue weighted by atomic mass is 9.98. The topological polar surface area (TPSA) is 138 Å². The first kappa shape index (κ1) is 25.4. The maximum absolute atomic E-state index is 12.0. The lowest BCUT2D eigenvalue weighted by Crippen LogP contribution is -2.15. The molecule has 0 saturated heterocycles. The van der Waals surface area contributed by atoms with E-state index in [1.54, 1.807) is 12.1 Å². The molecule has 1 amide bonds. The van der Waals surface area contributed by atoms with Gasteiger partial charge in [-0.3, -0.25) is 4.79 Å². The van der Waals surface area contributed by atoms with Gasteiger partial charge in [0.05, 0.1) is 18.0 Å². The predicted octanol–water partition coefficient (Wildman–Crippen LogP) is 5.28. The number of aliphatic hydroxyl groups excluding tert-OH is 1. The van der Waals surface area contributed by atoms with Crippen molar-refractivity contribution in [2.75, 3.05) is 17.2 Å². The molecule has 0 aliphatic carbocycles. The third-order valence-electron chi connectivity index (χ3n) is 6.04. The summed E-state index contributed by atoms with van der Waals surface area (Å²) in [5.74, 6) is -0.668. The molecule has 9 nitrogen and oxygen atoms in total. The number of aromatic nitrogens is 2. The van der Waals surface area contributed by atoms with Crippen LogP contribution in [0.15, 0.2) is 108 Å². The quantitative estimate of drug-likeness (QED) is 0.193. The zero-order chi connectivity index (χ0) is 27.2. The summed E-state index contributed by atoms with van der Waals surface area (Å²) in [6, 6.07) is 25.9. The number of hydrogen-bond donors (Lipinski definition) is 4. The van der Waals surface area contributed by atoms with Crippen molar-refractivity contribution in [3.8, 4) is 22.5 Å². The number of aliphatic carboxylic acids is 1. The average molecular weight is 521 g/mol. The van der Waals surface area contributed by atoms with E-state index in [0.717, 1.165) is 34.4 Å². The molecule has 0 unspecified atom stereocenters. The molecule has 3 aromatic carbocycles. The number of nitrogens with zero attached hydrogens (tertiary/aromatic N) is 2. The lowest BCUT2D eigenvalue weighted by Gasteiger charge is -2.18. The number of amides is 1. The third-order valence-corrected chi connectivity index (χ3v) is 6.04. The summed E-state index contributed by atoms with van der Waals surface area (Å²) in [5, 5.41) is 25.5. The van der Waals surface area contributed by atoms with Crippen molar-refractivity contribution in [1.29, 1.82) is 0 Å². The molecule has 5 aromatic rings. The van der Waals surface area contributed by atoms with Crippen LogP contribution in [0.2, 0.25) is 0 Å². The van der Waals surface area contributed by atoms with Gasteiger partial charge in [0.1, 0.15) is 17.9 Å². The molecule has 0 aliphatic rings. The molecule has 194 valence electrons. The van der Waals surface area contributed by atoms with Crippen molar-refractivity contribution >= 4 is 34.5 Å². The SMILES string of the molecule is O=C(O)C=CC(=O)Nc1ccc(-c2c(-c3ccccc3)oc3ncnc(N[C@H](CO)c4ccccc4)c23)cc1. The molecule has 0 radical (unpaired) electrons. The van der Waals surface area contributed by atoms with Crippen LogP contribution in [0.4, 0.5) is 11.5 Å². The van der Waals surface area contributed by atoms with Gasteiger partial charge in [-0.15, -0.1) is 0 Å². The van der Waals surface area contributed by atoms with E-state index in [2.05, 4.69) is 20.6 Å². The summed E-state index contributed by atoms with van der Waals surface area (Å²) >= 11 is 0. The zero-order valence-electron chi connectivity index (χ0n) is 20.6. The maximum atomic E-state index is 12.0. The van der Waals surface area contributed by atoms with Gasteiger partial charge >= 0.3 is 5.97 Å². The van der Waals surface area contributed by atoms with Crippen LogP contribution in [0, 0.1) is 0 Å². The van der Waals surface area contributed by atoms with Gasteiger partial charge in [-0.1, -0.05) is 72.8 Å². The Morgan fingerprint density at radius 1 is 0.872 bits per heavy atom. The Morgan fingerprint density at radius 2 is 1.56 bits per heavy atom. The van der Waals surface area contributed by atoms with Crippen LogP contribution in [0.5, 0.6) is 0 Å². The lowest BCUT2D eigenvalue weighted by molar-refractivity contribution is -0.131. The Bertz CT molecular complexity index is 1630. The first-order chi connectivity index (χ1) is 19.0. The van der Waals surface area contributed by atoms with E-state index >= 15 is 0 Å². The molecule has 9 heteroatoms. The van der Waals surface area contributed by atoms with E-state index in [1.165, 1.54) is 6.33 Å². The number of carbonyl (C=O) groups is 2. The van der Waals surface area contributed by atoms with Gasteiger partial charge in [-0.2, -0.15) is 0 Å². The second-order valence-corrected chi connectivity index (χ2v) is 8.60. The normalized spacial score (nSPS) is 11.9. The van der Waals surface area contributed by atoms with Crippen LogP contribution in [0.25, 0.3) is 33.6 Å². The first-order valence-corrected chi connectivity index (χ1v) is 12.1. The Labute approximate surface area is 223 Å². The van der Waals surface area contributed by atoms with E-state index in [1.807, 2.05) is 72.8 Å². The number of carbonyl (C=O) groups excluding carboxylic acids is 1. The molecule has 1 atom stereocenters. The van der Waals surface area contributed by atoms with Gasteiger partial charge in [-0.05, 0) is 23.3 Å². The molecule has 0 bridgehead atoms. The van der Waals surface area contributed by atoms with Crippen LogP contribution in [-0.2, 0) is 9.59 Å². The summed E-state index contributed by atoms with van der Waals surface area (Å²) < 4.78 is 6.26. The number of anilines is 2. The van der Waals surface area contributed by atoms with Crippen LogP contribution in [-0.4, -0.2) is 38.7 Å². The minimum atomic E-state index is -1.21. The molecular weight excluding hydrogens is 496 g/mol. The average Bonchev–Trinajstić information content (AvgIpc) is 3.37. The van der Waals surface area contributed by atoms with Crippen molar-refractivity contribution in [2.45, 2.75) is 6.04 Å². The van der Waals surface area contributed by atoms with Crippen molar-refractivity contribution < 1.29 is 24.2 Å². The molecule has 0 aliphatic heterocycles. The van der Waals surface area contributed by atoms with Crippen molar-refractivity contribution in [3.05, 3.63) is 109 Å².